The average molecular weight is 317 g/mol. The summed E-state index contributed by atoms with van der Waals surface area (Å²) in [5.74, 6) is -3.18. The molecule has 7 heteroatoms. The van der Waals surface area contributed by atoms with Crippen LogP contribution in [0, 0.1) is 23.0 Å². The lowest BCUT2D eigenvalue weighted by Gasteiger charge is -2.14. The highest BCUT2D eigenvalue weighted by Crippen LogP contribution is 2.31. The first-order valence-electron chi connectivity index (χ1n) is 6.70. The van der Waals surface area contributed by atoms with Crippen LogP contribution in [-0.2, 0) is 4.79 Å². The van der Waals surface area contributed by atoms with Gasteiger partial charge in [-0.3, -0.25) is 4.79 Å². The predicted octanol–water partition coefficient (Wildman–Crippen LogP) is 3.06. The molecule has 3 N–H and O–H groups in total. The van der Waals surface area contributed by atoms with Gasteiger partial charge in [-0.05, 0) is 23.8 Å². The van der Waals surface area contributed by atoms with E-state index in [2.05, 4.69) is 4.98 Å². The summed E-state index contributed by atoms with van der Waals surface area (Å²) < 4.78 is 26.9. The maximum Gasteiger partial charge on any atom is 0.304 e. The van der Waals surface area contributed by atoms with Gasteiger partial charge in [0, 0.05) is 23.2 Å². The number of hydrogen-bond donors (Lipinski definition) is 2. The number of pyridine rings is 1. The fourth-order valence-electron chi connectivity index (χ4n) is 2.26. The molecule has 1 aromatic carbocycles. The Labute approximate surface area is 131 Å². The van der Waals surface area contributed by atoms with Gasteiger partial charge >= 0.3 is 5.97 Å². The highest BCUT2D eigenvalue weighted by molar-refractivity contribution is 5.76. The van der Waals surface area contributed by atoms with Crippen LogP contribution < -0.4 is 5.73 Å². The Balaban J connectivity index is 2.63. The van der Waals surface area contributed by atoms with Crippen molar-refractivity contribution < 1.29 is 18.7 Å². The van der Waals surface area contributed by atoms with Crippen molar-refractivity contribution in [2.75, 3.05) is 5.73 Å². The minimum Gasteiger partial charge on any atom is -0.481 e. The molecule has 5 nitrogen and oxygen atoms in total. The van der Waals surface area contributed by atoms with E-state index in [4.69, 9.17) is 10.8 Å². The van der Waals surface area contributed by atoms with Crippen molar-refractivity contribution in [3.05, 3.63) is 47.2 Å². The molecule has 1 aromatic heterocycles. The second-order valence-corrected chi connectivity index (χ2v) is 5.12. The van der Waals surface area contributed by atoms with E-state index in [0.717, 1.165) is 12.1 Å². The number of benzene rings is 1. The molecular formula is C16H13F2N3O2. The zero-order valence-corrected chi connectivity index (χ0v) is 12.2. The SMILES string of the molecule is CC(CC(=O)O)c1cc(-c2cc(F)cc(F)c2)c(C#N)c(N)n1. The lowest BCUT2D eigenvalue weighted by Crippen LogP contribution is -2.08. The van der Waals surface area contributed by atoms with E-state index in [1.807, 2.05) is 6.07 Å². The van der Waals surface area contributed by atoms with Crippen LogP contribution >= 0.6 is 0 Å². The Bertz CT molecular complexity index is 795. The Morgan fingerprint density at radius 2 is 1.96 bits per heavy atom. The summed E-state index contributed by atoms with van der Waals surface area (Å²) in [4.78, 5) is 14.9. The van der Waals surface area contributed by atoms with E-state index in [1.54, 1.807) is 6.92 Å². The van der Waals surface area contributed by atoms with Gasteiger partial charge in [0.15, 0.2) is 0 Å². The molecule has 0 saturated heterocycles. The first-order valence-corrected chi connectivity index (χ1v) is 6.70. The molecule has 2 aromatic rings. The maximum absolute atomic E-state index is 13.4. The van der Waals surface area contributed by atoms with Crippen LogP contribution in [-0.4, -0.2) is 16.1 Å². The van der Waals surface area contributed by atoms with Gasteiger partial charge in [0.2, 0.25) is 0 Å². The first kappa shape index (κ1) is 16.4. The summed E-state index contributed by atoms with van der Waals surface area (Å²) in [5.41, 5.74) is 6.42. The van der Waals surface area contributed by atoms with Crippen molar-refractivity contribution in [3.8, 4) is 17.2 Å². The van der Waals surface area contributed by atoms with Gasteiger partial charge in [-0.1, -0.05) is 6.92 Å². The van der Waals surface area contributed by atoms with E-state index in [9.17, 15) is 18.8 Å². The number of aliphatic carboxylic acids is 1. The normalized spacial score (nSPS) is 11.7. The molecule has 1 unspecified atom stereocenters. The molecule has 118 valence electrons. The van der Waals surface area contributed by atoms with Gasteiger partial charge in [0.25, 0.3) is 0 Å². The maximum atomic E-state index is 13.4. The molecular weight excluding hydrogens is 304 g/mol. The van der Waals surface area contributed by atoms with Crippen LogP contribution in [0.4, 0.5) is 14.6 Å². The first-order chi connectivity index (χ1) is 10.8. The summed E-state index contributed by atoms with van der Waals surface area (Å²) in [7, 11) is 0. The van der Waals surface area contributed by atoms with E-state index in [0.29, 0.717) is 11.8 Å². The Kier molecular flexibility index (Phi) is 4.55. The zero-order valence-electron chi connectivity index (χ0n) is 12.2. The number of nitrogens with zero attached hydrogens (tertiary/aromatic N) is 2. The number of nitriles is 1. The summed E-state index contributed by atoms with van der Waals surface area (Å²) in [6.45, 7) is 1.64. The van der Waals surface area contributed by atoms with Gasteiger partial charge in [-0.25, -0.2) is 13.8 Å². The highest BCUT2D eigenvalue weighted by Gasteiger charge is 2.18. The molecule has 0 aliphatic carbocycles. The molecule has 0 spiro atoms. The molecule has 1 heterocycles. The Morgan fingerprint density at radius 3 is 2.48 bits per heavy atom. The number of anilines is 1. The summed E-state index contributed by atoms with van der Waals surface area (Å²) >= 11 is 0. The third-order valence-electron chi connectivity index (χ3n) is 3.34. The summed E-state index contributed by atoms with van der Waals surface area (Å²) in [5, 5.41) is 18.1. The molecule has 2 rings (SSSR count). The molecule has 0 fully saturated rings. The fraction of sp³-hybridized carbons (Fsp3) is 0.188. The van der Waals surface area contributed by atoms with Crippen molar-refractivity contribution >= 4 is 11.8 Å². The van der Waals surface area contributed by atoms with Gasteiger partial charge in [-0.15, -0.1) is 0 Å². The molecule has 0 amide bonds. The van der Waals surface area contributed by atoms with Gasteiger partial charge in [0.1, 0.15) is 29.1 Å². The van der Waals surface area contributed by atoms with Crippen LogP contribution in [0.25, 0.3) is 11.1 Å². The van der Waals surface area contributed by atoms with Crippen molar-refractivity contribution in [1.82, 2.24) is 4.98 Å². The standard InChI is InChI=1S/C16H13F2N3O2/c1-8(2-15(22)23)14-6-12(13(7-19)16(20)21-14)9-3-10(17)5-11(18)4-9/h3-6,8H,2H2,1H3,(H2,20,21)(H,22,23). The number of nitrogen functional groups attached to an aromatic ring is 1. The van der Waals surface area contributed by atoms with Crippen LogP contribution in [0.5, 0.6) is 0 Å². The molecule has 23 heavy (non-hydrogen) atoms. The van der Waals surface area contributed by atoms with E-state index in [1.165, 1.54) is 6.07 Å². The molecule has 0 bridgehead atoms. The number of hydrogen-bond acceptors (Lipinski definition) is 4. The minimum atomic E-state index is -1.01. The van der Waals surface area contributed by atoms with Crippen molar-refractivity contribution in [2.45, 2.75) is 19.3 Å². The summed E-state index contributed by atoms with van der Waals surface area (Å²) in [6.07, 6.45) is -0.185. The van der Waals surface area contributed by atoms with E-state index >= 15 is 0 Å². The Hall–Kier alpha value is -3.01. The second kappa shape index (κ2) is 6.40. The zero-order chi connectivity index (χ0) is 17.1. The number of rotatable bonds is 4. The highest BCUT2D eigenvalue weighted by atomic mass is 19.1. The number of nitrogens with two attached hydrogens (primary N) is 1. The van der Waals surface area contributed by atoms with Gasteiger partial charge < -0.3 is 10.8 Å². The smallest absolute Gasteiger partial charge is 0.304 e. The number of aromatic nitrogens is 1. The van der Waals surface area contributed by atoms with E-state index in [-0.39, 0.29) is 28.9 Å². The van der Waals surface area contributed by atoms with Gasteiger partial charge in [0.05, 0.1) is 6.42 Å². The Morgan fingerprint density at radius 1 is 1.35 bits per heavy atom. The van der Waals surface area contributed by atoms with Crippen LogP contribution in [0.2, 0.25) is 0 Å². The average Bonchev–Trinajstić information content (AvgIpc) is 2.44. The monoisotopic (exact) mass is 317 g/mol. The molecule has 0 saturated carbocycles. The number of carboxylic acid groups (broad SMARTS) is 1. The number of carbonyl (C=O) groups is 1. The fourth-order valence-corrected chi connectivity index (χ4v) is 2.26. The largest absolute Gasteiger partial charge is 0.481 e. The lowest BCUT2D eigenvalue weighted by atomic mass is 9.95. The molecule has 0 aliphatic rings. The van der Waals surface area contributed by atoms with Crippen LogP contribution in [0.15, 0.2) is 24.3 Å². The summed E-state index contributed by atoms with van der Waals surface area (Å²) in [6, 6.07) is 6.16. The topological polar surface area (TPSA) is 100 Å². The van der Waals surface area contributed by atoms with Crippen LogP contribution in [0.1, 0.15) is 30.5 Å². The molecule has 1 atom stereocenters. The third-order valence-corrected chi connectivity index (χ3v) is 3.34. The van der Waals surface area contributed by atoms with Crippen molar-refractivity contribution in [1.29, 1.82) is 5.26 Å². The van der Waals surface area contributed by atoms with Crippen molar-refractivity contribution in [3.63, 3.8) is 0 Å². The minimum absolute atomic E-state index is 0.0127. The molecule has 0 radical (unpaired) electrons. The van der Waals surface area contributed by atoms with Crippen LogP contribution in [0.3, 0.4) is 0 Å². The third kappa shape index (κ3) is 3.61. The van der Waals surface area contributed by atoms with Gasteiger partial charge in [-0.2, -0.15) is 5.26 Å². The lowest BCUT2D eigenvalue weighted by molar-refractivity contribution is -0.137. The quantitative estimate of drug-likeness (QED) is 0.902. The number of carboxylic acids is 1. The number of halogens is 2. The second-order valence-electron chi connectivity index (χ2n) is 5.12. The predicted molar refractivity (Wildman–Crippen MR) is 79.4 cm³/mol. The molecule has 0 aliphatic heterocycles. The van der Waals surface area contributed by atoms with E-state index < -0.39 is 23.5 Å². The van der Waals surface area contributed by atoms with Crippen molar-refractivity contribution in [2.24, 2.45) is 0 Å².